The molecule has 2 aromatic rings. The zero-order valence-electron chi connectivity index (χ0n) is 12.8. The fraction of sp³-hybridized carbons (Fsp3) is 0.222. The van der Waals surface area contributed by atoms with Crippen LogP contribution in [0.1, 0.15) is 22.3 Å². The van der Waals surface area contributed by atoms with Crippen molar-refractivity contribution < 1.29 is 19.0 Å². The van der Waals surface area contributed by atoms with Gasteiger partial charge in [-0.15, -0.1) is 0 Å². The topological polar surface area (TPSA) is 73.6 Å². The molecule has 1 aliphatic heterocycles. The van der Waals surface area contributed by atoms with Crippen molar-refractivity contribution in [3.63, 3.8) is 0 Å². The third-order valence-electron chi connectivity index (χ3n) is 4.04. The standard InChI is InChI=1S/C18H15FN2O3/c19-17-7-12(9-20)1-2-15(17)11-24-16-4-3-14-10-21(18(22)23)6-5-13(14)8-16/h1-4,7-8H,5-6,10-11H2,(H,22,23). The number of halogens is 1. The van der Waals surface area contributed by atoms with Crippen LogP contribution in [0.2, 0.25) is 0 Å². The normalized spacial score (nSPS) is 13.1. The van der Waals surface area contributed by atoms with Crippen molar-refractivity contribution >= 4 is 6.09 Å². The Kier molecular flexibility index (Phi) is 4.34. The number of rotatable bonds is 3. The number of fused-ring (bicyclic) bond motifs is 1. The van der Waals surface area contributed by atoms with Crippen molar-refractivity contribution in [2.24, 2.45) is 0 Å². The highest BCUT2D eigenvalue weighted by Crippen LogP contribution is 2.25. The zero-order chi connectivity index (χ0) is 17.1. The molecule has 1 N–H and O–H groups in total. The van der Waals surface area contributed by atoms with E-state index in [1.54, 1.807) is 12.1 Å². The van der Waals surface area contributed by atoms with Gasteiger partial charge in [0.2, 0.25) is 0 Å². The van der Waals surface area contributed by atoms with Crippen LogP contribution >= 0.6 is 0 Å². The quantitative estimate of drug-likeness (QED) is 0.939. The van der Waals surface area contributed by atoms with Gasteiger partial charge in [-0.25, -0.2) is 9.18 Å². The number of amides is 1. The Bertz CT molecular complexity index is 829. The van der Waals surface area contributed by atoms with Gasteiger partial charge in [0.25, 0.3) is 0 Å². The largest absolute Gasteiger partial charge is 0.489 e. The van der Waals surface area contributed by atoms with Crippen LogP contribution in [0.4, 0.5) is 9.18 Å². The molecule has 0 fully saturated rings. The van der Waals surface area contributed by atoms with E-state index in [-0.39, 0.29) is 12.2 Å². The van der Waals surface area contributed by atoms with Crippen LogP contribution in [0.25, 0.3) is 0 Å². The second-order valence-electron chi connectivity index (χ2n) is 5.59. The predicted octanol–water partition coefficient (Wildman–Crippen LogP) is 3.31. The van der Waals surface area contributed by atoms with E-state index >= 15 is 0 Å². The number of carbonyl (C=O) groups is 1. The van der Waals surface area contributed by atoms with E-state index in [1.165, 1.54) is 17.0 Å². The maximum atomic E-state index is 13.8. The number of nitriles is 1. The number of hydrogen-bond acceptors (Lipinski definition) is 3. The third kappa shape index (κ3) is 3.30. The van der Waals surface area contributed by atoms with Gasteiger partial charge in [0, 0.05) is 18.7 Å². The molecule has 0 aliphatic carbocycles. The molecule has 0 aromatic heterocycles. The van der Waals surface area contributed by atoms with Crippen molar-refractivity contribution in [3.8, 4) is 11.8 Å². The van der Waals surface area contributed by atoms with Gasteiger partial charge in [-0.3, -0.25) is 0 Å². The van der Waals surface area contributed by atoms with Gasteiger partial charge in [-0.2, -0.15) is 5.26 Å². The van der Waals surface area contributed by atoms with Crippen molar-refractivity contribution in [1.29, 1.82) is 5.26 Å². The second kappa shape index (κ2) is 6.59. The fourth-order valence-electron chi connectivity index (χ4n) is 2.68. The monoisotopic (exact) mass is 326 g/mol. The fourth-order valence-corrected chi connectivity index (χ4v) is 2.68. The van der Waals surface area contributed by atoms with Crippen LogP contribution in [0.5, 0.6) is 5.75 Å². The summed E-state index contributed by atoms with van der Waals surface area (Å²) >= 11 is 0. The molecule has 0 radical (unpaired) electrons. The molecule has 0 spiro atoms. The van der Waals surface area contributed by atoms with E-state index in [0.29, 0.717) is 30.8 Å². The lowest BCUT2D eigenvalue weighted by molar-refractivity contribution is 0.140. The van der Waals surface area contributed by atoms with E-state index in [2.05, 4.69) is 0 Å². The maximum Gasteiger partial charge on any atom is 0.407 e. The lowest BCUT2D eigenvalue weighted by Crippen LogP contribution is -2.34. The van der Waals surface area contributed by atoms with E-state index in [1.807, 2.05) is 18.2 Å². The SMILES string of the molecule is N#Cc1ccc(COc2ccc3c(c2)CCN(C(=O)O)C3)c(F)c1. The maximum absolute atomic E-state index is 13.8. The molecule has 122 valence electrons. The lowest BCUT2D eigenvalue weighted by Gasteiger charge is -2.26. The van der Waals surface area contributed by atoms with Gasteiger partial charge < -0.3 is 14.7 Å². The highest BCUT2D eigenvalue weighted by Gasteiger charge is 2.20. The highest BCUT2D eigenvalue weighted by molar-refractivity contribution is 5.65. The molecular weight excluding hydrogens is 311 g/mol. The average molecular weight is 326 g/mol. The Morgan fingerprint density at radius 2 is 2.12 bits per heavy atom. The minimum Gasteiger partial charge on any atom is -0.489 e. The smallest absolute Gasteiger partial charge is 0.407 e. The number of ether oxygens (including phenoxy) is 1. The minimum absolute atomic E-state index is 0.0670. The molecule has 5 nitrogen and oxygen atoms in total. The van der Waals surface area contributed by atoms with Crippen LogP contribution in [0.3, 0.4) is 0 Å². The summed E-state index contributed by atoms with van der Waals surface area (Å²) in [5.74, 6) is 0.144. The van der Waals surface area contributed by atoms with Gasteiger partial charge in [0.1, 0.15) is 18.2 Å². The summed E-state index contributed by atoms with van der Waals surface area (Å²) in [4.78, 5) is 12.4. The van der Waals surface area contributed by atoms with E-state index in [4.69, 9.17) is 15.1 Å². The van der Waals surface area contributed by atoms with Crippen molar-refractivity contribution in [1.82, 2.24) is 4.90 Å². The number of nitrogens with zero attached hydrogens (tertiary/aromatic N) is 2. The van der Waals surface area contributed by atoms with Crippen LogP contribution < -0.4 is 4.74 Å². The Morgan fingerprint density at radius 3 is 2.83 bits per heavy atom. The first-order valence-corrected chi connectivity index (χ1v) is 7.48. The Balaban J connectivity index is 1.69. The number of benzene rings is 2. The molecule has 3 rings (SSSR count). The summed E-state index contributed by atoms with van der Waals surface area (Å²) in [5, 5.41) is 17.8. The van der Waals surface area contributed by atoms with Crippen molar-refractivity contribution in [3.05, 3.63) is 64.5 Å². The predicted molar refractivity (Wildman–Crippen MR) is 84.0 cm³/mol. The van der Waals surface area contributed by atoms with Crippen molar-refractivity contribution in [2.75, 3.05) is 6.54 Å². The van der Waals surface area contributed by atoms with E-state index in [0.717, 1.165) is 11.1 Å². The summed E-state index contributed by atoms with van der Waals surface area (Å²) in [6.07, 6.45) is -0.290. The van der Waals surface area contributed by atoms with E-state index in [9.17, 15) is 9.18 Å². The van der Waals surface area contributed by atoms with Crippen LogP contribution in [0, 0.1) is 17.1 Å². The Morgan fingerprint density at radius 1 is 1.29 bits per heavy atom. The Labute approximate surface area is 138 Å². The molecule has 0 saturated heterocycles. The molecular formula is C18H15FN2O3. The first-order chi connectivity index (χ1) is 11.6. The molecule has 2 aromatic carbocycles. The molecule has 0 bridgehead atoms. The molecule has 6 heteroatoms. The van der Waals surface area contributed by atoms with Crippen LogP contribution in [-0.2, 0) is 19.6 Å². The van der Waals surface area contributed by atoms with Gasteiger partial charge >= 0.3 is 6.09 Å². The highest BCUT2D eigenvalue weighted by atomic mass is 19.1. The average Bonchev–Trinajstić information content (AvgIpc) is 2.59. The number of hydrogen-bond donors (Lipinski definition) is 1. The molecule has 1 heterocycles. The van der Waals surface area contributed by atoms with Crippen molar-refractivity contribution in [2.45, 2.75) is 19.6 Å². The molecule has 24 heavy (non-hydrogen) atoms. The molecule has 0 saturated carbocycles. The summed E-state index contributed by atoms with van der Waals surface area (Å²) < 4.78 is 19.5. The second-order valence-corrected chi connectivity index (χ2v) is 5.59. The molecule has 0 unspecified atom stereocenters. The van der Waals surface area contributed by atoms with Gasteiger partial charge in [0.05, 0.1) is 11.6 Å². The first kappa shape index (κ1) is 15.8. The van der Waals surface area contributed by atoms with Crippen LogP contribution in [-0.4, -0.2) is 22.6 Å². The summed E-state index contributed by atoms with van der Waals surface area (Å²) in [5.41, 5.74) is 2.66. The van der Waals surface area contributed by atoms with Gasteiger partial charge in [-0.1, -0.05) is 12.1 Å². The number of carboxylic acid groups (broad SMARTS) is 1. The van der Waals surface area contributed by atoms with Crippen LogP contribution in [0.15, 0.2) is 36.4 Å². The summed E-state index contributed by atoms with van der Waals surface area (Å²) in [6, 6.07) is 11.6. The van der Waals surface area contributed by atoms with E-state index < -0.39 is 11.9 Å². The third-order valence-corrected chi connectivity index (χ3v) is 4.04. The Hall–Kier alpha value is -3.07. The first-order valence-electron chi connectivity index (χ1n) is 7.48. The molecule has 0 atom stereocenters. The molecule has 1 aliphatic rings. The van der Waals surface area contributed by atoms with Gasteiger partial charge in [0.15, 0.2) is 0 Å². The van der Waals surface area contributed by atoms with Gasteiger partial charge in [-0.05, 0) is 41.8 Å². The zero-order valence-corrected chi connectivity index (χ0v) is 12.8. The lowest BCUT2D eigenvalue weighted by atomic mass is 10.00. The summed E-state index contributed by atoms with van der Waals surface area (Å²) in [6.45, 7) is 0.892. The summed E-state index contributed by atoms with van der Waals surface area (Å²) in [7, 11) is 0. The molecule has 1 amide bonds. The minimum atomic E-state index is -0.919.